The summed E-state index contributed by atoms with van der Waals surface area (Å²) in [5.41, 5.74) is 0. The van der Waals surface area contributed by atoms with E-state index in [2.05, 4.69) is 18.3 Å². The van der Waals surface area contributed by atoms with E-state index < -0.39 is 0 Å². The zero-order chi connectivity index (χ0) is 9.80. The summed E-state index contributed by atoms with van der Waals surface area (Å²) >= 11 is 1.76. The molecule has 1 aliphatic heterocycles. The molecule has 1 aliphatic rings. The number of hydrogen-bond acceptors (Lipinski definition) is 4. The number of thioether (sulfide) groups is 1. The molecule has 0 atom stereocenters. The predicted molar refractivity (Wildman–Crippen MR) is 57.0 cm³/mol. The Kier molecular flexibility index (Phi) is 3.16. The maximum Gasteiger partial charge on any atom is 0.231 e. The molecule has 0 bridgehead atoms. The van der Waals surface area contributed by atoms with Gasteiger partial charge >= 0.3 is 0 Å². The minimum atomic E-state index is 0.344. The highest BCUT2D eigenvalue weighted by Gasteiger charge is 2.12. The van der Waals surface area contributed by atoms with Crippen molar-refractivity contribution in [3.63, 3.8) is 0 Å². The molecule has 0 amide bonds. The first kappa shape index (κ1) is 9.68. The van der Waals surface area contributed by atoms with Crippen molar-refractivity contribution in [2.45, 2.75) is 11.8 Å². The van der Waals surface area contributed by atoms with E-state index in [1.807, 2.05) is 12.1 Å². The average Bonchev–Trinajstić information content (AvgIpc) is 2.65. The topological polar surface area (TPSA) is 30.5 Å². The van der Waals surface area contributed by atoms with Crippen molar-refractivity contribution in [2.24, 2.45) is 0 Å². The number of nitrogens with one attached hydrogen (secondary N) is 1. The molecular weight excluding hydrogens is 198 g/mol. The van der Waals surface area contributed by atoms with Crippen LogP contribution in [0.25, 0.3) is 0 Å². The molecule has 0 fully saturated rings. The van der Waals surface area contributed by atoms with Gasteiger partial charge in [-0.25, -0.2) is 0 Å². The standard InChI is InChI=1S/C10H13NO2S/c1-2-11-6-14-8-3-4-9-10(5-8)13-7-12-9/h3-5,11H,2,6-7H2,1H3. The van der Waals surface area contributed by atoms with Gasteiger partial charge in [-0.05, 0) is 24.7 Å². The number of hydrogen-bond donors (Lipinski definition) is 1. The summed E-state index contributed by atoms with van der Waals surface area (Å²) in [5.74, 6) is 2.63. The number of ether oxygens (including phenoxy) is 2. The number of benzene rings is 1. The molecule has 1 aromatic rings. The largest absolute Gasteiger partial charge is 0.454 e. The Morgan fingerprint density at radius 2 is 2.21 bits per heavy atom. The molecule has 1 heterocycles. The molecule has 4 heteroatoms. The summed E-state index contributed by atoms with van der Waals surface area (Å²) in [5, 5.41) is 3.26. The Morgan fingerprint density at radius 3 is 3.07 bits per heavy atom. The average molecular weight is 211 g/mol. The summed E-state index contributed by atoms with van der Waals surface area (Å²) in [6.07, 6.45) is 0. The van der Waals surface area contributed by atoms with Crippen LogP contribution < -0.4 is 14.8 Å². The molecule has 0 aliphatic carbocycles. The van der Waals surface area contributed by atoms with Crippen LogP contribution in [-0.2, 0) is 0 Å². The lowest BCUT2D eigenvalue weighted by Gasteiger charge is -2.02. The highest BCUT2D eigenvalue weighted by molar-refractivity contribution is 7.99. The van der Waals surface area contributed by atoms with Crippen LogP contribution in [0, 0.1) is 0 Å². The van der Waals surface area contributed by atoms with E-state index in [1.165, 1.54) is 4.90 Å². The fourth-order valence-corrected chi connectivity index (χ4v) is 2.03. The fourth-order valence-electron chi connectivity index (χ4n) is 1.20. The maximum atomic E-state index is 5.29. The molecule has 0 aromatic heterocycles. The van der Waals surface area contributed by atoms with Gasteiger partial charge in [-0.1, -0.05) is 6.92 Å². The van der Waals surface area contributed by atoms with E-state index in [4.69, 9.17) is 9.47 Å². The van der Waals surface area contributed by atoms with Gasteiger partial charge in [-0.3, -0.25) is 0 Å². The van der Waals surface area contributed by atoms with Crippen molar-refractivity contribution in [2.75, 3.05) is 19.2 Å². The van der Waals surface area contributed by atoms with Crippen molar-refractivity contribution in [1.82, 2.24) is 5.32 Å². The van der Waals surface area contributed by atoms with E-state index in [1.54, 1.807) is 11.8 Å². The third-order valence-electron chi connectivity index (χ3n) is 1.93. The van der Waals surface area contributed by atoms with Gasteiger partial charge in [0.05, 0.1) is 0 Å². The van der Waals surface area contributed by atoms with E-state index in [-0.39, 0.29) is 0 Å². The van der Waals surface area contributed by atoms with E-state index in [9.17, 15) is 0 Å². The monoisotopic (exact) mass is 211 g/mol. The predicted octanol–water partition coefficient (Wildman–Crippen LogP) is 2.07. The van der Waals surface area contributed by atoms with Crippen molar-refractivity contribution in [3.8, 4) is 11.5 Å². The molecule has 0 saturated heterocycles. The van der Waals surface area contributed by atoms with Crippen LogP contribution in [-0.4, -0.2) is 19.2 Å². The highest BCUT2D eigenvalue weighted by atomic mass is 32.2. The van der Waals surface area contributed by atoms with Gasteiger partial charge in [0.15, 0.2) is 11.5 Å². The van der Waals surface area contributed by atoms with Gasteiger partial charge in [0, 0.05) is 10.8 Å². The minimum absolute atomic E-state index is 0.344. The van der Waals surface area contributed by atoms with Crippen molar-refractivity contribution < 1.29 is 9.47 Å². The highest BCUT2D eigenvalue weighted by Crippen LogP contribution is 2.35. The second-order valence-corrected chi connectivity index (χ2v) is 3.96. The van der Waals surface area contributed by atoms with Crippen molar-refractivity contribution >= 4 is 11.8 Å². The number of rotatable bonds is 4. The maximum absolute atomic E-state index is 5.29. The number of fused-ring (bicyclic) bond motifs is 1. The SMILES string of the molecule is CCNCSc1ccc2c(c1)OCO2. The van der Waals surface area contributed by atoms with E-state index in [0.717, 1.165) is 23.9 Å². The molecule has 76 valence electrons. The summed E-state index contributed by atoms with van der Waals surface area (Å²) < 4.78 is 10.5. The van der Waals surface area contributed by atoms with Crippen LogP contribution in [0.1, 0.15) is 6.92 Å². The van der Waals surface area contributed by atoms with Gasteiger partial charge < -0.3 is 14.8 Å². The Bertz CT molecular complexity index is 317. The molecule has 2 rings (SSSR count). The fraction of sp³-hybridized carbons (Fsp3) is 0.400. The molecule has 14 heavy (non-hydrogen) atoms. The Hall–Kier alpha value is -0.870. The molecular formula is C10H13NO2S. The summed E-state index contributed by atoms with van der Waals surface area (Å²) in [7, 11) is 0. The first-order chi connectivity index (χ1) is 6.90. The second kappa shape index (κ2) is 4.57. The zero-order valence-corrected chi connectivity index (χ0v) is 8.89. The summed E-state index contributed by atoms with van der Waals surface area (Å²) in [4.78, 5) is 1.20. The van der Waals surface area contributed by atoms with E-state index >= 15 is 0 Å². The first-order valence-electron chi connectivity index (χ1n) is 4.63. The van der Waals surface area contributed by atoms with Crippen LogP contribution in [0.15, 0.2) is 23.1 Å². The molecule has 0 saturated carbocycles. The Balaban J connectivity index is 1.98. The smallest absolute Gasteiger partial charge is 0.231 e. The third kappa shape index (κ3) is 2.13. The quantitative estimate of drug-likeness (QED) is 0.469. The molecule has 3 nitrogen and oxygen atoms in total. The first-order valence-corrected chi connectivity index (χ1v) is 5.62. The van der Waals surface area contributed by atoms with Crippen LogP contribution >= 0.6 is 11.8 Å². The lowest BCUT2D eigenvalue weighted by molar-refractivity contribution is 0.174. The zero-order valence-electron chi connectivity index (χ0n) is 8.08. The van der Waals surface area contributed by atoms with Crippen LogP contribution in [0.3, 0.4) is 0 Å². The van der Waals surface area contributed by atoms with Crippen molar-refractivity contribution in [1.29, 1.82) is 0 Å². The minimum Gasteiger partial charge on any atom is -0.454 e. The normalized spacial score (nSPS) is 13.2. The molecule has 1 aromatic carbocycles. The van der Waals surface area contributed by atoms with Gasteiger partial charge in [0.25, 0.3) is 0 Å². The lowest BCUT2D eigenvalue weighted by Crippen LogP contribution is -2.10. The van der Waals surface area contributed by atoms with Gasteiger partial charge in [0.2, 0.25) is 6.79 Å². The van der Waals surface area contributed by atoms with Crippen LogP contribution in [0.5, 0.6) is 11.5 Å². The van der Waals surface area contributed by atoms with Crippen LogP contribution in [0.4, 0.5) is 0 Å². The van der Waals surface area contributed by atoms with E-state index in [0.29, 0.717) is 6.79 Å². The Labute approximate surface area is 87.8 Å². The summed E-state index contributed by atoms with van der Waals surface area (Å²) in [6.45, 7) is 3.44. The lowest BCUT2D eigenvalue weighted by atomic mass is 10.3. The molecule has 0 spiro atoms. The van der Waals surface area contributed by atoms with Gasteiger partial charge in [-0.15, -0.1) is 11.8 Å². The van der Waals surface area contributed by atoms with Gasteiger partial charge in [-0.2, -0.15) is 0 Å². The summed E-state index contributed by atoms with van der Waals surface area (Å²) in [6, 6.07) is 6.02. The van der Waals surface area contributed by atoms with Crippen LogP contribution in [0.2, 0.25) is 0 Å². The molecule has 0 unspecified atom stereocenters. The Morgan fingerprint density at radius 1 is 1.36 bits per heavy atom. The van der Waals surface area contributed by atoms with Gasteiger partial charge in [0.1, 0.15) is 0 Å². The molecule has 0 radical (unpaired) electrons. The second-order valence-electron chi connectivity index (χ2n) is 2.91. The molecule has 1 N–H and O–H groups in total. The van der Waals surface area contributed by atoms with Crippen molar-refractivity contribution in [3.05, 3.63) is 18.2 Å². The third-order valence-corrected chi connectivity index (χ3v) is 2.87.